The second kappa shape index (κ2) is 8.03. The summed E-state index contributed by atoms with van der Waals surface area (Å²) in [7, 11) is 1.68. The molecule has 0 aliphatic carbocycles. The normalized spacial score (nSPS) is 16.8. The number of nitrogens with zero attached hydrogens (tertiary/aromatic N) is 2. The number of methoxy groups -OCH3 is 1. The second-order valence-corrected chi connectivity index (χ2v) is 8.89. The molecule has 1 unspecified atom stereocenters. The van der Waals surface area contributed by atoms with Crippen molar-refractivity contribution in [1.29, 1.82) is 0 Å². The number of hydrogen-bond acceptors (Lipinski definition) is 5. The Balaban J connectivity index is 1.50. The number of hydrogen-bond donors (Lipinski definition) is 1. The predicted octanol–water partition coefficient (Wildman–Crippen LogP) is 5.09. The molecule has 1 saturated heterocycles. The quantitative estimate of drug-likeness (QED) is 0.652. The molecule has 0 bridgehead atoms. The largest absolute Gasteiger partial charge is 0.497 e. The van der Waals surface area contributed by atoms with Crippen LogP contribution in [-0.4, -0.2) is 31.1 Å². The lowest BCUT2D eigenvalue weighted by molar-refractivity contribution is -0.120. The van der Waals surface area contributed by atoms with Crippen molar-refractivity contribution in [3.63, 3.8) is 0 Å². The Morgan fingerprint density at radius 1 is 1.21 bits per heavy atom. The van der Waals surface area contributed by atoms with E-state index in [-0.39, 0.29) is 11.8 Å². The molecule has 0 saturated carbocycles. The maximum atomic E-state index is 13.0. The van der Waals surface area contributed by atoms with Crippen LogP contribution in [0.5, 0.6) is 5.75 Å². The Morgan fingerprint density at radius 2 is 1.97 bits per heavy atom. The molecular weight excluding hydrogens is 382 g/mol. The number of piperidine rings is 1. The fourth-order valence-electron chi connectivity index (χ4n) is 4.12. The molecule has 29 heavy (non-hydrogen) atoms. The van der Waals surface area contributed by atoms with Gasteiger partial charge in [0.2, 0.25) is 5.91 Å². The molecule has 3 aromatic rings. The molecule has 5 nitrogen and oxygen atoms in total. The van der Waals surface area contributed by atoms with Crippen molar-refractivity contribution in [3.05, 3.63) is 47.0 Å². The van der Waals surface area contributed by atoms with Crippen molar-refractivity contribution in [3.8, 4) is 5.75 Å². The number of carbonyl (C=O) groups excluding carboxylic acids is 1. The van der Waals surface area contributed by atoms with E-state index in [1.807, 2.05) is 18.2 Å². The summed E-state index contributed by atoms with van der Waals surface area (Å²) >= 11 is 1.66. The molecule has 1 fully saturated rings. The molecule has 1 aromatic heterocycles. The number of amides is 1. The van der Waals surface area contributed by atoms with Crippen molar-refractivity contribution in [2.45, 2.75) is 33.6 Å². The van der Waals surface area contributed by atoms with E-state index in [0.29, 0.717) is 6.54 Å². The van der Waals surface area contributed by atoms with Crippen LogP contribution in [0.3, 0.4) is 0 Å². The van der Waals surface area contributed by atoms with E-state index < -0.39 is 0 Å². The lowest BCUT2D eigenvalue weighted by atomic mass is 9.96. The minimum absolute atomic E-state index is 0.0367. The smallest absolute Gasteiger partial charge is 0.229 e. The van der Waals surface area contributed by atoms with Crippen LogP contribution in [0.4, 0.5) is 10.8 Å². The van der Waals surface area contributed by atoms with Gasteiger partial charge in [-0.2, -0.15) is 0 Å². The molecule has 0 spiro atoms. The summed E-state index contributed by atoms with van der Waals surface area (Å²) in [6.45, 7) is 7.82. The first-order valence-corrected chi connectivity index (χ1v) is 10.8. The number of thiazole rings is 1. The standard InChI is InChI=1S/C23H27N3O2S/c1-14-10-15(2)21(16(3)11-14)25-22(27)17-6-5-9-26(13-17)23-24-19-8-7-18(28-4)12-20(19)29-23/h7-8,10-12,17H,5-6,9,13H2,1-4H3,(H,25,27). The van der Waals surface area contributed by atoms with Crippen LogP contribution in [0, 0.1) is 26.7 Å². The van der Waals surface area contributed by atoms with Gasteiger partial charge in [-0.3, -0.25) is 4.79 Å². The Morgan fingerprint density at radius 3 is 2.69 bits per heavy atom. The summed E-state index contributed by atoms with van der Waals surface area (Å²) < 4.78 is 6.43. The van der Waals surface area contributed by atoms with E-state index in [1.54, 1.807) is 18.4 Å². The number of benzene rings is 2. The number of rotatable bonds is 4. The van der Waals surface area contributed by atoms with Crippen LogP contribution in [0.1, 0.15) is 29.5 Å². The average molecular weight is 410 g/mol. The van der Waals surface area contributed by atoms with E-state index in [0.717, 1.165) is 57.3 Å². The zero-order valence-electron chi connectivity index (χ0n) is 17.4. The van der Waals surface area contributed by atoms with Crippen molar-refractivity contribution < 1.29 is 9.53 Å². The van der Waals surface area contributed by atoms with E-state index in [2.05, 4.69) is 43.1 Å². The Bertz CT molecular complexity index is 1040. The summed E-state index contributed by atoms with van der Waals surface area (Å²) in [6, 6.07) is 10.2. The number of aromatic nitrogens is 1. The van der Waals surface area contributed by atoms with Gasteiger partial charge in [-0.1, -0.05) is 29.0 Å². The summed E-state index contributed by atoms with van der Waals surface area (Å²) in [5, 5.41) is 4.17. The van der Waals surface area contributed by atoms with Crippen LogP contribution in [0.25, 0.3) is 10.2 Å². The van der Waals surface area contributed by atoms with Gasteiger partial charge in [0.25, 0.3) is 0 Å². The fraction of sp³-hybridized carbons (Fsp3) is 0.391. The number of carbonyl (C=O) groups is 1. The van der Waals surface area contributed by atoms with E-state index >= 15 is 0 Å². The van der Waals surface area contributed by atoms with Crippen LogP contribution in [0.15, 0.2) is 30.3 Å². The highest BCUT2D eigenvalue weighted by Crippen LogP contribution is 2.34. The number of ether oxygens (including phenoxy) is 1. The van der Waals surface area contributed by atoms with Gasteiger partial charge in [0, 0.05) is 18.8 Å². The van der Waals surface area contributed by atoms with Gasteiger partial charge < -0.3 is 15.0 Å². The minimum atomic E-state index is -0.0367. The molecule has 6 heteroatoms. The molecule has 4 rings (SSSR count). The zero-order chi connectivity index (χ0) is 20.5. The maximum Gasteiger partial charge on any atom is 0.229 e. The van der Waals surface area contributed by atoms with Crippen molar-refractivity contribution in [1.82, 2.24) is 4.98 Å². The Labute approximate surface area is 175 Å². The van der Waals surface area contributed by atoms with Gasteiger partial charge in [0.1, 0.15) is 5.75 Å². The molecule has 1 N–H and O–H groups in total. The third kappa shape index (κ3) is 4.08. The first-order valence-electron chi connectivity index (χ1n) is 10.0. The van der Waals surface area contributed by atoms with E-state index in [1.165, 1.54) is 5.56 Å². The average Bonchev–Trinajstić information content (AvgIpc) is 3.14. The van der Waals surface area contributed by atoms with Gasteiger partial charge >= 0.3 is 0 Å². The van der Waals surface area contributed by atoms with Crippen LogP contribution in [0.2, 0.25) is 0 Å². The van der Waals surface area contributed by atoms with Gasteiger partial charge in [-0.05, 0) is 62.9 Å². The third-order valence-corrected chi connectivity index (χ3v) is 6.65. The SMILES string of the molecule is COc1ccc2nc(N3CCCC(C(=O)Nc4c(C)cc(C)cc4C)C3)sc2c1. The highest BCUT2D eigenvalue weighted by atomic mass is 32.1. The zero-order valence-corrected chi connectivity index (χ0v) is 18.2. The molecule has 1 aliphatic rings. The molecule has 1 atom stereocenters. The molecule has 1 aliphatic heterocycles. The van der Waals surface area contributed by atoms with Crippen molar-refractivity contribution >= 4 is 38.3 Å². The molecule has 2 heterocycles. The van der Waals surface area contributed by atoms with Crippen LogP contribution < -0.4 is 15.0 Å². The fourth-order valence-corrected chi connectivity index (χ4v) is 5.15. The number of anilines is 2. The lowest BCUT2D eigenvalue weighted by Gasteiger charge is -2.32. The molecule has 152 valence electrons. The first-order chi connectivity index (χ1) is 13.9. The Kier molecular flexibility index (Phi) is 5.46. The minimum Gasteiger partial charge on any atom is -0.497 e. The summed E-state index contributed by atoms with van der Waals surface area (Å²) in [5.74, 6) is 0.908. The van der Waals surface area contributed by atoms with Crippen molar-refractivity contribution in [2.75, 3.05) is 30.4 Å². The Hall–Kier alpha value is -2.60. The molecule has 2 aromatic carbocycles. The summed E-state index contributed by atoms with van der Waals surface area (Å²) in [5.41, 5.74) is 5.37. The van der Waals surface area contributed by atoms with Gasteiger partial charge in [-0.15, -0.1) is 0 Å². The highest BCUT2D eigenvalue weighted by Gasteiger charge is 2.28. The second-order valence-electron chi connectivity index (χ2n) is 7.88. The number of fused-ring (bicyclic) bond motifs is 1. The predicted molar refractivity (Wildman–Crippen MR) is 120 cm³/mol. The van der Waals surface area contributed by atoms with Crippen LogP contribution >= 0.6 is 11.3 Å². The molecular formula is C23H27N3O2S. The van der Waals surface area contributed by atoms with E-state index in [9.17, 15) is 4.79 Å². The topological polar surface area (TPSA) is 54.5 Å². The summed E-state index contributed by atoms with van der Waals surface area (Å²) in [6.07, 6.45) is 1.90. The summed E-state index contributed by atoms with van der Waals surface area (Å²) in [4.78, 5) is 20.1. The highest BCUT2D eigenvalue weighted by molar-refractivity contribution is 7.22. The maximum absolute atomic E-state index is 13.0. The van der Waals surface area contributed by atoms with Gasteiger partial charge in [0.15, 0.2) is 5.13 Å². The van der Waals surface area contributed by atoms with Gasteiger partial charge in [-0.25, -0.2) is 4.98 Å². The van der Waals surface area contributed by atoms with Gasteiger partial charge in [0.05, 0.1) is 23.2 Å². The molecule has 0 radical (unpaired) electrons. The van der Waals surface area contributed by atoms with E-state index in [4.69, 9.17) is 9.72 Å². The number of nitrogens with one attached hydrogen (secondary N) is 1. The van der Waals surface area contributed by atoms with Crippen molar-refractivity contribution in [2.24, 2.45) is 5.92 Å². The third-order valence-electron chi connectivity index (χ3n) is 5.57. The van der Waals surface area contributed by atoms with Crippen LogP contribution in [-0.2, 0) is 4.79 Å². The lowest BCUT2D eigenvalue weighted by Crippen LogP contribution is -2.40. The monoisotopic (exact) mass is 409 g/mol. The first kappa shape index (κ1) is 19.7. The number of aryl methyl sites for hydroxylation is 3. The molecule has 1 amide bonds.